The van der Waals surface area contributed by atoms with Crippen LogP contribution in [0.4, 0.5) is 17.1 Å². The molecule has 104 heavy (non-hydrogen) atoms. The first kappa shape index (κ1) is 70.2. The number of ether oxygens (including phenoxy) is 1. The molecule has 10 aromatic rings. The van der Waals surface area contributed by atoms with Crippen LogP contribution in [0.5, 0.6) is 5.75 Å². The molecule has 0 saturated heterocycles. The van der Waals surface area contributed by atoms with Crippen LogP contribution < -0.4 is 9.64 Å². The van der Waals surface area contributed by atoms with Crippen LogP contribution in [0, 0.1) is 6.92 Å². The Hall–Kier alpha value is -8.14. The fourth-order valence-corrected chi connectivity index (χ4v) is 21.1. The van der Waals surface area contributed by atoms with E-state index in [1.807, 2.05) is 0 Å². The zero-order valence-electron chi connectivity index (χ0n) is 64.5. The number of rotatable bonds is 32. The van der Waals surface area contributed by atoms with Gasteiger partial charge in [0.15, 0.2) is 0 Å². The molecule has 2 atom stereocenters. The van der Waals surface area contributed by atoms with Crippen molar-refractivity contribution in [1.29, 1.82) is 0 Å². The van der Waals surface area contributed by atoms with Crippen molar-refractivity contribution in [2.75, 3.05) is 4.90 Å². The van der Waals surface area contributed by atoms with Crippen LogP contribution >= 0.6 is 0 Å². The fraction of sp³-hybridized carbons (Fsp3) is 0.426. The van der Waals surface area contributed by atoms with Crippen molar-refractivity contribution < 1.29 is 9.15 Å². The first-order chi connectivity index (χ1) is 50.8. The molecule has 0 amide bonds. The van der Waals surface area contributed by atoms with Gasteiger partial charge in [0.1, 0.15) is 22.7 Å². The number of allylic oxidation sites excluding steroid dienone is 4. The third-order valence-corrected chi connectivity index (χ3v) is 26.6. The third kappa shape index (κ3) is 12.1. The molecule has 16 rings (SSSR count). The largest absolute Gasteiger partial charge is 0.461 e. The van der Waals surface area contributed by atoms with Gasteiger partial charge >= 0.3 is 0 Å². The quantitative estimate of drug-likeness (QED) is 0.0393. The average Bonchev–Trinajstić information content (AvgIpc) is 1.52. The standard InChI is InChI=1S/C101H115NO2/c1-10-14-18-22-26-36-58-100(59-37-27-23-19-15-11-2)83-56-57-92-95(77-41-31-34-44-90(77)103-92)94(83)81-67-87-80(66-88(81)100)75-54-51-72(64-86(75)101(87,60-38-28-24-20-16-12-3)61-39-29-25-21-17-13-4)102(70-49-46-68(5)47-50-70)71-52-55-76-85(63-71)99(8,9)89-65-79(97-96(93(76)89)78-42-32-35-45-91(78)104-97)69-48-53-74-73-40-30-33-43-82(73)98(6,7)84(74)62-69/h30-35,40-57,62-67,94-95H,10-29,36-39,58-61H2,1-9H3. The van der Waals surface area contributed by atoms with Crippen molar-refractivity contribution in [3.8, 4) is 50.3 Å². The molecule has 0 radical (unpaired) electrons. The van der Waals surface area contributed by atoms with Gasteiger partial charge in [0.25, 0.3) is 0 Å². The summed E-state index contributed by atoms with van der Waals surface area (Å²) in [6.07, 6.45) is 41.0. The van der Waals surface area contributed by atoms with E-state index in [1.165, 1.54) is 267 Å². The second kappa shape index (κ2) is 29.3. The van der Waals surface area contributed by atoms with Gasteiger partial charge < -0.3 is 14.1 Å². The Labute approximate surface area is 624 Å². The summed E-state index contributed by atoms with van der Waals surface area (Å²) in [5.41, 5.74) is 31.8. The van der Waals surface area contributed by atoms with Gasteiger partial charge in [-0.15, -0.1) is 0 Å². The molecule has 6 aliphatic rings. The molecule has 3 heteroatoms. The normalized spacial score (nSPS) is 17.3. The van der Waals surface area contributed by atoms with Gasteiger partial charge in [-0.2, -0.15) is 0 Å². The molecule has 1 aliphatic heterocycles. The number of unbranched alkanes of at least 4 members (excludes halogenated alkanes) is 20. The molecule has 9 aromatic carbocycles. The molecule has 2 heterocycles. The van der Waals surface area contributed by atoms with E-state index in [1.54, 1.807) is 27.8 Å². The maximum Gasteiger partial charge on any atom is 0.143 e. The van der Waals surface area contributed by atoms with Crippen molar-refractivity contribution in [2.45, 2.75) is 276 Å². The van der Waals surface area contributed by atoms with Crippen LogP contribution in [0.2, 0.25) is 0 Å². The third-order valence-electron chi connectivity index (χ3n) is 26.6. The van der Waals surface area contributed by atoms with Crippen LogP contribution in [0.1, 0.15) is 303 Å². The van der Waals surface area contributed by atoms with E-state index in [0.29, 0.717) is 0 Å². The summed E-state index contributed by atoms with van der Waals surface area (Å²) in [5, 5.41) is 2.40. The van der Waals surface area contributed by atoms with Crippen molar-refractivity contribution in [1.82, 2.24) is 0 Å². The second-order valence-electron chi connectivity index (χ2n) is 33.8. The second-order valence-corrected chi connectivity index (χ2v) is 33.8. The lowest BCUT2D eigenvalue weighted by atomic mass is 9.66. The lowest BCUT2D eigenvalue weighted by Crippen LogP contribution is -2.28. The summed E-state index contributed by atoms with van der Waals surface area (Å²) < 4.78 is 14.2. The molecule has 5 aliphatic carbocycles. The van der Waals surface area contributed by atoms with Gasteiger partial charge in [0, 0.05) is 66.5 Å². The van der Waals surface area contributed by atoms with E-state index in [2.05, 4.69) is 249 Å². The molecular formula is C101H115NO2. The first-order valence-corrected chi connectivity index (χ1v) is 41.6. The van der Waals surface area contributed by atoms with Crippen molar-refractivity contribution in [3.05, 3.63) is 249 Å². The Kier molecular flexibility index (Phi) is 19.8. The summed E-state index contributed by atoms with van der Waals surface area (Å²) in [5.74, 6) is 2.62. The number of anilines is 3. The molecule has 0 bridgehead atoms. The van der Waals surface area contributed by atoms with Crippen molar-refractivity contribution in [2.24, 2.45) is 0 Å². The highest BCUT2D eigenvalue weighted by Gasteiger charge is 2.56. The number of furan rings is 1. The van der Waals surface area contributed by atoms with Gasteiger partial charge in [-0.3, -0.25) is 0 Å². The van der Waals surface area contributed by atoms with Gasteiger partial charge in [-0.25, -0.2) is 0 Å². The maximum absolute atomic E-state index is 7.16. The Bertz CT molecular complexity index is 4850. The van der Waals surface area contributed by atoms with Crippen molar-refractivity contribution >= 4 is 39.0 Å². The highest BCUT2D eigenvalue weighted by molar-refractivity contribution is 6.19. The summed E-state index contributed by atoms with van der Waals surface area (Å²) in [4.78, 5) is 2.64. The number of benzene rings is 9. The van der Waals surface area contributed by atoms with E-state index >= 15 is 0 Å². The Morgan fingerprint density at radius 2 is 0.875 bits per heavy atom. The molecule has 0 N–H and O–H groups in total. The van der Waals surface area contributed by atoms with Crippen LogP contribution in [0.3, 0.4) is 0 Å². The predicted molar refractivity (Wildman–Crippen MR) is 442 cm³/mol. The summed E-state index contributed by atoms with van der Waals surface area (Å²) in [6, 6.07) is 67.3. The van der Waals surface area contributed by atoms with E-state index < -0.39 is 0 Å². The monoisotopic (exact) mass is 1370 g/mol. The number of fused-ring (bicyclic) bond motifs is 20. The maximum atomic E-state index is 7.16. The zero-order chi connectivity index (χ0) is 71.3. The molecular weight excluding hydrogens is 1260 g/mol. The van der Waals surface area contributed by atoms with Crippen LogP contribution in [-0.4, -0.2) is 0 Å². The summed E-state index contributed by atoms with van der Waals surface area (Å²) >= 11 is 0. The predicted octanol–water partition coefficient (Wildman–Crippen LogP) is 30.2. The number of nitrogens with zero attached hydrogens (tertiary/aromatic N) is 1. The molecule has 1 aromatic heterocycles. The highest BCUT2D eigenvalue weighted by Crippen LogP contribution is 2.68. The van der Waals surface area contributed by atoms with Crippen LogP contribution in [0.25, 0.3) is 66.4 Å². The smallest absolute Gasteiger partial charge is 0.143 e. The van der Waals surface area contributed by atoms with E-state index in [4.69, 9.17) is 9.15 Å². The average molecular weight is 1380 g/mol. The molecule has 3 nitrogen and oxygen atoms in total. The number of para-hydroxylation sites is 2. The van der Waals surface area contributed by atoms with E-state index in [-0.39, 0.29) is 33.5 Å². The lowest BCUT2D eigenvalue weighted by Gasteiger charge is -2.36. The topological polar surface area (TPSA) is 25.6 Å². The molecule has 2 unspecified atom stereocenters. The van der Waals surface area contributed by atoms with Gasteiger partial charge in [-0.05, 0) is 189 Å². The summed E-state index contributed by atoms with van der Waals surface area (Å²) in [6.45, 7) is 21.4. The molecule has 0 saturated carbocycles. The van der Waals surface area contributed by atoms with Gasteiger partial charge in [0.2, 0.25) is 0 Å². The highest BCUT2D eigenvalue weighted by atomic mass is 16.5. The molecule has 0 fully saturated rings. The fourth-order valence-electron chi connectivity index (χ4n) is 21.1. The van der Waals surface area contributed by atoms with Gasteiger partial charge in [0.05, 0.1) is 5.92 Å². The molecule has 0 spiro atoms. The zero-order valence-corrected chi connectivity index (χ0v) is 64.5. The first-order valence-electron chi connectivity index (χ1n) is 41.6. The minimum Gasteiger partial charge on any atom is -0.461 e. The Morgan fingerprint density at radius 1 is 0.365 bits per heavy atom. The van der Waals surface area contributed by atoms with Gasteiger partial charge in [-0.1, -0.05) is 330 Å². The van der Waals surface area contributed by atoms with Crippen molar-refractivity contribution in [3.63, 3.8) is 0 Å². The Morgan fingerprint density at radius 3 is 1.55 bits per heavy atom. The number of hydrogen-bond acceptors (Lipinski definition) is 3. The van der Waals surface area contributed by atoms with E-state index in [9.17, 15) is 0 Å². The Balaban J connectivity index is 0.862. The van der Waals surface area contributed by atoms with Crippen LogP contribution in [0.15, 0.2) is 198 Å². The SMILES string of the molecule is CCCCCCCCC1(CCCCCCCC)C2=CC=C3Oc4ccccc4C3C2c2cc3c(cc21)-c1ccc(N(c2ccc(C)cc2)c2ccc4c(c2)C(C)(C)c2cc(-c5ccc6c(c5)C(C)(C)c5ccccc5-6)c5oc6ccccc6c5c2-4)cc1C3(CCCCCCCC)CCCCCCCC. The molecule has 536 valence electrons. The van der Waals surface area contributed by atoms with Crippen LogP contribution in [-0.2, 0) is 21.7 Å². The summed E-state index contributed by atoms with van der Waals surface area (Å²) in [7, 11) is 0. The van der Waals surface area contributed by atoms with E-state index in [0.717, 1.165) is 41.1 Å². The number of hydrogen-bond donors (Lipinski definition) is 0. The number of aryl methyl sites for hydroxylation is 1. The minimum absolute atomic E-state index is 0.0404. The lowest BCUT2D eigenvalue weighted by molar-refractivity contribution is 0.369. The minimum atomic E-state index is -0.341.